The predicted octanol–water partition coefficient (Wildman–Crippen LogP) is 1.20. The molecule has 2 N–H and O–H groups in total. The number of aryl methyl sites for hydroxylation is 1. The molecule has 2 aromatic rings. The Hall–Kier alpha value is -2.51. The Kier molecular flexibility index (Phi) is 5.40. The molecule has 2 aromatic heterocycles. The van der Waals surface area contributed by atoms with Crippen molar-refractivity contribution >= 4 is 17.7 Å². The summed E-state index contributed by atoms with van der Waals surface area (Å²) in [6.07, 6.45) is 5.02. The molecule has 0 aliphatic carbocycles. The van der Waals surface area contributed by atoms with Crippen LogP contribution in [0, 0.1) is 6.92 Å². The lowest BCUT2D eigenvalue weighted by Crippen LogP contribution is -2.25. The van der Waals surface area contributed by atoms with Crippen molar-refractivity contribution in [2.75, 3.05) is 6.54 Å². The minimum Gasteiger partial charge on any atom is -0.481 e. The fourth-order valence-corrected chi connectivity index (χ4v) is 2.04. The van der Waals surface area contributed by atoms with E-state index < -0.39 is 5.97 Å². The fourth-order valence-electron chi connectivity index (χ4n) is 2.04. The van der Waals surface area contributed by atoms with Gasteiger partial charge in [0.05, 0.1) is 0 Å². The Morgan fingerprint density at radius 1 is 1.27 bits per heavy atom. The van der Waals surface area contributed by atoms with Crippen LogP contribution >= 0.6 is 0 Å². The van der Waals surface area contributed by atoms with Gasteiger partial charge in [-0.05, 0) is 25.8 Å². The Balaban J connectivity index is 1.75. The molecule has 0 bridgehead atoms. The highest BCUT2D eigenvalue weighted by Gasteiger charge is 2.13. The second kappa shape index (κ2) is 7.48. The lowest BCUT2D eigenvalue weighted by molar-refractivity contribution is -0.137. The van der Waals surface area contributed by atoms with Gasteiger partial charge < -0.3 is 10.4 Å². The molecule has 22 heavy (non-hydrogen) atoms. The fraction of sp³-hybridized carbons (Fsp3) is 0.500. The zero-order valence-electron chi connectivity index (χ0n) is 12.4. The number of nitrogens with zero attached hydrogens (tertiary/aromatic N) is 4. The van der Waals surface area contributed by atoms with Gasteiger partial charge in [-0.2, -0.15) is 4.98 Å². The number of unbranched alkanes of at least 4 members (excludes halogenated alkanes) is 3. The predicted molar refractivity (Wildman–Crippen MR) is 78.6 cm³/mol. The van der Waals surface area contributed by atoms with Crippen molar-refractivity contribution in [2.24, 2.45) is 0 Å². The first-order valence-corrected chi connectivity index (χ1v) is 7.26. The van der Waals surface area contributed by atoms with Gasteiger partial charge in [0, 0.05) is 24.9 Å². The van der Waals surface area contributed by atoms with E-state index in [1.807, 2.05) is 6.92 Å². The molecule has 0 aliphatic heterocycles. The van der Waals surface area contributed by atoms with Crippen molar-refractivity contribution in [3.63, 3.8) is 0 Å². The molecule has 0 unspecified atom stereocenters. The zero-order chi connectivity index (χ0) is 15.9. The molecule has 0 radical (unpaired) electrons. The number of carbonyl (C=O) groups is 2. The number of carboxylic acids is 1. The smallest absolute Gasteiger partial charge is 0.303 e. The Morgan fingerprint density at radius 2 is 2.05 bits per heavy atom. The van der Waals surface area contributed by atoms with E-state index in [1.54, 1.807) is 12.3 Å². The van der Waals surface area contributed by atoms with Gasteiger partial charge in [0.1, 0.15) is 0 Å². The highest BCUT2D eigenvalue weighted by atomic mass is 16.4. The summed E-state index contributed by atoms with van der Waals surface area (Å²) in [5, 5.41) is 15.4. The third kappa shape index (κ3) is 4.24. The van der Waals surface area contributed by atoms with E-state index >= 15 is 0 Å². The van der Waals surface area contributed by atoms with Crippen LogP contribution in [0.4, 0.5) is 0 Å². The average molecular weight is 305 g/mol. The number of rotatable bonds is 8. The summed E-state index contributed by atoms with van der Waals surface area (Å²) in [5.41, 5.74) is 0.856. The molecule has 0 aromatic carbocycles. The molecule has 8 nitrogen and oxygen atoms in total. The molecule has 0 fully saturated rings. The van der Waals surface area contributed by atoms with Crippen molar-refractivity contribution in [3.8, 4) is 0 Å². The van der Waals surface area contributed by atoms with Crippen LogP contribution in [0.3, 0.4) is 0 Å². The molecule has 0 atom stereocenters. The summed E-state index contributed by atoms with van der Waals surface area (Å²) in [7, 11) is 0. The second-order valence-corrected chi connectivity index (χ2v) is 5.05. The Morgan fingerprint density at radius 3 is 2.77 bits per heavy atom. The van der Waals surface area contributed by atoms with Crippen LogP contribution in [-0.2, 0) is 4.79 Å². The van der Waals surface area contributed by atoms with Crippen LogP contribution in [0.1, 0.15) is 48.4 Å². The third-order valence-corrected chi connectivity index (χ3v) is 3.24. The number of amides is 1. The Bertz CT molecular complexity index is 668. The zero-order valence-corrected chi connectivity index (χ0v) is 12.4. The minimum atomic E-state index is -0.768. The van der Waals surface area contributed by atoms with E-state index in [2.05, 4.69) is 20.4 Å². The Labute approximate surface area is 127 Å². The summed E-state index contributed by atoms with van der Waals surface area (Å²) >= 11 is 0. The molecule has 1 amide bonds. The minimum absolute atomic E-state index is 0.104. The van der Waals surface area contributed by atoms with E-state index in [0.717, 1.165) is 25.0 Å². The second-order valence-electron chi connectivity index (χ2n) is 5.05. The number of hydrogen-bond donors (Lipinski definition) is 2. The molecule has 0 aliphatic rings. The van der Waals surface area contributed by atoms with Gasteiger partial charge >= 0.3 is 5.97 Å². The highest BCUT2D eigenvalue weighted by Crippen LogP contribution is 2.03. The SMILES string of the molecule is Cc1ccnc2nc(C(=O)NCCCCCCC(=O)O)nn12. The van der Waals surface area contributed by atoms with E-state index in [9.17, 15) is 9.59 Å². The van der Waals surface area contributed by atoms with Gasteiger partial charge in [0.25, 0.3) is 11.7 Å². The lowest BCUT2D eigenvalue weighted by Gasteiger charge is -2.02. The quantitative estimate of drug-likeness (QED) is 0.709. The van der Waals surface area contributed by atoms with Crippen molar-refractivity contribution in [1.82, 2.24) is 24.9 Å². The van der Waals surface area contributed by atoms with Crippen LogP contribution in [0.25, 0.3) is 5.78 Å². The van der Waals surface area contributed by atoms with Gasteiger partial charge in [-0.3, -0.25) is 9.59 Å². The maximum atomic E-state index is 11.9. The molecule has 118 valence electrons. The van der Waals surface area contributed by atoms with Crippen LogP contribution in [0.5, 0.6) is 0 Å². The maximum absolute atomic E-state index is 11.9. The standard InChI is InChI=1S/C14H19N5O3/c1-10-7-9-16-14-17-12(18-19(10)14)13(22)15-8-5-3-2-4-6-11(20)21/h7,9H,2-6,8H2,1H3,(H,15,22)(H,20,21). The molecule has 2 rings (SSSR count). The normalized spacial score (nSPS) is 10.8. The van der Waals surface area contributed by atoms with Gasteiger partial charge in [0.2, 0.25) is 5.82 Å². The molecule has 8 heteroatoms. The molecular weight excluding hydrogens is 286 g/mol. The van der Waals surface area contributed by atoms with Gasteiger partial charge in [-0.25, -0.2) is 9.50 Å². The number of carboxylic acid groups (broad SMARTS) is 1. The van der Waals surface area contributed by atoms with Crippen LogP contribution < -0.4 is 5.32 Å². The topological polar surface area (TPSA) is 109 Å². The average Bonchev–Trinajstić information content (AvgIpc) is 2.91. The lowest BCUT2D eigenvalue weighted by atomic mass is 10.1. The van der Waals surface area contributed by atoms with E-state index in [0.29, 0.717) is 18.7 Å². The number of nitrogens with one attached hydrogen (secondary N) is 1. The summed E-state index contributed by atoms with van der Waals surface area (Å²) in [6.45, 7) is 2.38. The summed E-state index contributed by atoms with van der Waals surface area (Å²) < 4.78 is 1.53. The third-order valence-electron chi connectivity index (χ3n) is 3.24. The molecule has 0 saturated heterocycles. The first kappa shape index (κ1) is 15.9. The van der Waals surface area contributed by atoms with Crippen LogP contribution in [0.15, 0.2) is 12.3 Å². The molecule has 0 saturated carbocycles. The molecule has 0 spiro atoms. The number of fused-ring (bicyclic) bond motifs is 1. The van der Waals surface area contributed by atoms with E-state index in [-0.39, 0.29) is 18.2 Å². The van der Waals surface area contributed by atoms with Crippen molar-refractivity contribution in [3.05, 3.63) is 23.8 Å². The van der Waals surface area contributed by atoms with Crippen LogP contribution in [-0.4, -0.2) is 43.1 Å². The van der Waals surface area contributed by atoms with Crippen LogP contribution in [0.2, 0.25) is 0 Å². The largest absolute Gasteiger partial charge is 0.481 e. The van der Waals surface area contributed by atoms with Gasteiger partial charge in [-0.15, -0.1) is 5.10 Å². The van der Waals surface area contributed by atoms with Crippen molar-refractivity contribution < 1.29 is 14.7 Å². The van der Waals surface area contributed by atoms with E-state index in [4.69, 9.17) is 5.11 Å². The molecule has 2 heterocycles. The number of hydrogen-bond acceptors (Lipinski definition) is 5. The van der Waals surface area contributed by atoms with E-state index in [1.165, 1.54) is 4.52 Å². The number of aliphatic carboxylic acids is 1. The number of carbonyl (C=O) groups excluding carboxylic acids is 1. The maximum Gasteiger partial charge on any atom is 0.303 e. The van der Waals surface area contributed by atoms with Gasteiger partial charge in [-0.1, -0.05) is 12.8 Å². The first-order valence-electron chi connectivity index (χ1n) is 7.26. The van der Waals surface area contributed by atoms with Crippen molar-refractivity contribution in [2.45, 2.75) is 39.0 Å². The van der Waals surface area contributed by atoms with Gasteiger partial charge in [0.15, 0.2) is 0 Å². The summed E-state index contributed by atoms with van der Waals surface area (Å²) in [4.78, 5) is 30.4. The summed E-state index contributed by atoms with van der Waals surface area (Å²) in [5.74, 6) is -0.586. The first-order chi connectivity index (χ1) is 10.6. The molecular formula is C14H19N5O3. The number of aromatic nitrogens is 4. The highest BCUT2D eigenvalue weighted by molar-refractivity contribution is 5.90. The van der Waals surface area contributed by atoms with Crippen molar-refractivity contribution in [1.29, 1.82) is 0 Å². The summed E-state index contributed by atoms with van der Waals surface area (Å²) in [6, 6.07) is 1.79. The monoisotopic (exact) mass is 305 g/mol.